The molecule has 1 aliphatic carbocycles. The summed E-state index contributed by atoms with van der Waals surface area (Å²) < 4.78 is 23.6. The van der Waals surface area contributed by atoms with Crippen molar-refractivity contribution in [3.05, 3.63) is 76.3 Å². The van der Waals surface area contributed by atoms with Crippen molar-refractivity contribution in [2.24, 2.45) is 0 Å². The van der Waals surface area contributed by atoms with E-state index in [2.05, 4.69) is 19.1 Å². The van der Waals surface area contributed by atoms with Crippen molar-refractivity contribution in [2.75, 3.05) is 13.2 Å². The summed E-state index contributed by atoms with van der Waals surface area (Å²) in [5.74, 6) is 1.78. The molecule has 0 bridgehead atoms. The van der Waals surface area contributed by atoms with E-state index in [4.69, 9.17) is 24.1 Å². The first kappa shape index (κ1) is 26.1. The molecule has 200 valence electrons. The molecule has 1 aliphatic heterocycles. The Labute approximate surface area is 222 Å². The number of hydrogen-bond acceptors (Lipinski definition) is 7. The fourth-order valence-corrected chi connectivity index (χ4v) is 5.24. The summed E-state index contributed by atoms with van der Waals surface area (Å²) in [5, 5.41) is 18.6. The largest absolute Gasteiger partial charge is 0.491 e. The maximum Gasteiger partial charge on any atom is 0.303 e. The first-order chi connectivity index (χ1) is 18.2. The highest BCUT2D eigenvalue weighted by atomic mass is 16.6. The van der Waals surface area contributed by atoms with E-state index in [-0.39, 0.29) is 25.3 Å². The van der Waals surface area contributed by atoms with E-state index in [0.29, 0.717) is 18.1 Å². The van der Waals surface area contributed by atoms with Crippen LogP contribution >= 0.6 is 0 Å². The van der Waals surface area contributed by atoms with Crippen molar-refractivity contribution in [3.8, 4) is 28.4 Å². The molecule has 1 heterocycles. The van der Waals surface area contributed by atoms with Crippen LogP contribution in [0.5, 0.6) is 17.2 Å². The van der Waals surface area contributed by atoms with Gasteiger partial charge in [-0.2, -0.15) is 0 Å². The van der Waals surface area contributed by atoms with Crippen molar-refractivity contribution < 1.29 is 34.0 Å². The predicted octanol–water partition coefficient (Wildman–Crippen LogP) is 5.12. The Balaban J connectivity index is 1.33. The number of carbonyl (C=O) groups is 1. The maximum atomic E-state index is 11.6. The summed E-state index contributed by atoms with van der Waals surface area (Å²) in [6, 6.07) is 15.8. The number of aliphatic hydroxyl groups is 2. The minimum absolute atomic E-state index is 0.0414. The average Bonchev–Trinajstić information content (AvgIpc) is 3.59. The minimum Gasteiger partial charge on any atom is -0.491 e. The molecule has 38 heavy (non-hydrogen) atoms. The molecule has 1 fully saturated rings. The van der Waals surface area contributed by atoms with Crippen LogP contribution in [0.15, 0.2) is 48.5 Å². The standard InChI is InChI=1S/C31H34O7/c1-18-12-25(36-17-23(34)15-32)13-19(2)29(18)26-7-5-6-22(20(26)3)16-35-24-8-9-27-28(14-24)38-31(10-11-31)30(27)37-21(4)33/h5-9,12-14,23,30,32,34H,10-11,15-17H2,1-4H3/t23-,30-/m0/s1. The van der Waals surface area contributed by atoms with Crippen LogP contribution in [0.2, 0.25) is 0 Å². The topological polar surface area (TPSA) is 94.5 Å². The summed E-state index contributed by atoms with van der Waals surface area (Å²) in [4.78, 5) is 11.6. The van der Waals surface area contributed by atoms with Crippen LogP contribution in [0.1, 0.15) is 53.7 Å². The molecule has 1 saturated carbocycles. The fraction of sp³-hybridized carbons (Fsp3) is 0.387. The quantitative estimate of drug-likeness (QED) is 0.380. The highest BCUT2D eigenvalue weighted by molar-refractivity contribution is 5.75. The Morgan fingerprint density at radius 3 is 2.45 bits per heavy atom. The molecule has 0 unspecified atom stereocenters. The number of hydrogen-bond donors (Lipinski definition) is 2. The number of esters is 1. The second-order valence-corrected chi connectivity index (χ2v) is 10.3. The molecule has 1 spiro atoms. The third kappa shape index (κ3) is 5.08. The number of rotatable bonds is 9. The Morgan fingerprint density at radius 1 is 1.05 bits per heavy atom. The third-order valence-corrected chi connectivity index (χ3v) is 7.35. The van der Waals surface area contributed by atoms with Crippen LogP contribution in [0.25, 0.3) is 11.1 Å². The molecule has 0 saturated heterocycles. The van der Waals surface area contributed by atoms with Crippen LogP contribution in [0, 0.1) is 20.8 Å². The van der Waals surface area contributed by atoms with Gasteiger partial charge in [0.2, 0.25) is 0 Å². The normalized spacial score (nSPS) is 17.5. The molecular formula is C31H34O7. The number of fused-ring (bicyclic) bond motifs is 1. The van der Waals surface area contributed by atoms with Gasteiger partial charge in [-0.15, -0.1) is 0 Å². The van der Waals surface area contributed by atoms with E-state index in [1.54, 1.807) is 0 Å². The molecule has 3 aromatic carbocycles. The second kappa shape index (κ2) is 10.3. The lowest BCUT2D eigenvalue weighted by molar-refractivity contribution is -0.151. The van der Waals surface area contributed by atoms with Crippen molar-refractivity contribution in [2.45, 2.75) is 65.0 Å². The zero-order valence-electron chi connectivity index (χ0n) is 22.2. The summed E-state index contributed by atoms with van der Waals surface area (Å²) in [6.07, 6.45) is 0.485. The van der Waals surface area contributed by atoms with Gasteiger partial charge in [0.05, 0.1) is 6.61 Å². The Bertz CT molecular complexity index is 1340. The number of aliphatic hydroxyl groups excluding tert-OH is 2. The zero-order valence-corrected chi connectivity index (χ0v) is 22.2. The van der Waals surface area contributed by atoms with Crippen LogP contribution in [-0.4, -0.2) is 41.1 Å². The first-order valence-corrected chi connectivity index (χ1v) is 13.0. The second-order valence-electron chi connectivity index (χ2n) is 10.3. The fourth-order valence-electron chi connectivity index (χ4n) is 5.24. The number of aryl methyl sites for hydroxylation is 2. The number of ether oxygens (including phenoxy) is 4. The van der Waals surface area contributed by atoms with Crippen molar-refractivity contribution >= 4 is 5.97 Å². The van der Waals surface area contributed by atoms with Gasteiger partial charge >= 0.3 is 5.97 Å². The number of carbonyl (C=O) groups excluding carboxylic acids is 1. The highest BCUT2D eigenvalue weighted by Gasteiger charge is 2.59. The van der Waals surface area contributed by atoms with E-state index >= 15 is 0 Å². The molecule has 2 atom stereocenters. The molecule has 3 aromatic rings. The molecule has 0 radical (unpaired) electrons. The molecule has 0 aromatic heterocycles. The van der Waals surface area contributed by atoms with E-state index in [9.17, 15) is 9.90 Å². The van der Waals surface area contributed by atoms with Gasteiger partial charge in [0.15, 0.2) is 11.7 Å². The summed E-state index contributed by atoms with van der Waals surface area (Å²) in [6.45, 7) is 7.72. The van der Waals surface area contributed by atoms with Gasteiger partial charge < -0.3 is 29.2 Å². The van der Waals surface area contributed by atoms with Crippen molar-refractivity contribution in [1.82, 2.24) is 0 Å². The van der Waals surface area contributed by atoms with E-state index in [1.165, 1.54) is 6.92 Å². The van der Waals surface area contributed by atoms with Crippen molar-refractivity contribution in [1.29, 1.82) is 0 Å². The Kier molecular flexibility index (Phi) is 7.07. The van der Waals surface area contributed by atoms with Gasteiger partial charge in [-0.25, -0.2) is 0 Å². The van der Waals surface area contributed by atoms with E-state index < -0.39 is 11.7 Å². The number of benzene rings is 3. The van der Waals surface area contributed by atoms with Crippen LogP contribution < -0.4 is 14.2 Å². The lowest BCUT2D eigenvalue weighted by Gasteiger charge is -2.18. The van der Waals surface area contributed by atoms with Gasteiger partial charge in [0.1, 0.15) is 36.6 Å². The molecular weight excluding hydrogens is 484 g/mol. The molecule has 7 heteroatoms. The Morgan fingerprint density at radius 2 is 1.79 bits per heavy atom. The maximum absolute atomic E-state index is 11.6. The van der Waals surface area contributed by atoms with Gasteiger partial charge in [-0.3, -0.25) is 4.79 Å². The van der Waals surface area contributed by atoms with Gasteiger partial charge in [-0.1, -0.05) is 18.2 Å². The smallest absolute Gasteiger partial charge is 0.303 e. The zero-order chi connectivity index (χ0) is 27.0. The van der Waals surface area contributed by atoms with Gasteiger partial charge in [0.25, 0.3) is 0 Å². The lowest BCUT2D eigenvalue weighted by Crippen LogP contribution is -2.24. The van der Waals surface area contributed by atoms with E-state index in [1.807, 2.05) is 50.2 Å². The van der Waals surface area contributed by atoms with Crippen LogP contribution in [0.4, 0.5) is 0 Å². The lowest BCUT2D eigenvalue weighted by atomic mass is 9.90. The molecule has 0 amide bonds. The summed E-state index contributed by atoms with van der Waals surface area (Å²) in [5.41, 5.74) is 7.08. The predicted molar refractivity (Wildman–Crippen MR) is 143 cm³/mol. The molecule has 5 rings (SSSR count). The molecule has 2 N–H and O–H groups in total. The summed E-state index contributed by atoms with van der Waals surface area (Å²) in [7, 11) is 0. The monoisotopic (exact) mass is 518 g/mol. The van der Waals surface area contributed by atoms with Gasteiger partial charge in [0, 0.05) is 18.6 Å². The SMILES string of the molecule is CC(=O)O[C@H]1c2ccc(OCc3cccc(-c4c(C)cc(OC[C@@H](O)CO)cc4C)c3C)cc2OC12CC2. The van der Waals surface area contributed by atoms with Gasteiger partial charge in [-0.05, 0) is 91.3 Å². The third-order valence-electron chi connectivity index (χ3n) is 7.35. The molecule has 7 nitrogen and oxygen atoms in total. The molecule has 2 aliphatic rings. The average molecular weight is 519 g/mol. The minimum atomic E-state index is -0.906. The van der Waals surface area contributed by atoms with E-state index in [0.717, 1.165) is 57.5 Å². The highest BCUT2D eigenvalue weighted by Crippen LogP contribution is 2.58. The van der Waals surface area contributed by atoms with Crippen LogP contribution in [0.3, 0.4) is 0 Å². The van der Waals surface area contributed by atoms with Crippen LogP contribution in [-0.2, 0) is 16.1 Å². The first-order valence-electron chi connectivity index (χ1n) is 13.0. The Hall–Kier alpha value is -3.55. The summed E-state index contributed by atoms with van der Waals surface area (Å²) >= 11 is 0. The van der Waals surface area contributed by atoms with Crippen molar-refractivity contribution in [3.63, 3.8) is 0 Å².